The molecule has 9 heteroatoms. The first kappa shape index (κ1) is 27.2. The lowest BCUT2D eigenvalue weighted by molar-refractivity contribution is -0.141. The number of para-hydroxylation sites is 1. The van der Waals surface area contributed by atoms with Crippen LogP contribution in [0.3, 0.4) is 0 Å². The van der Waals surface area contributed by atoms with Crippen LogP contribution < -0.4 is 5.32 Å². The second-order valence-corrected chi connectivity index (χ2v) is 11.7. The molecule has 2 saturated heterocycles. The molecule has 2 aliphatic heterocycles. The van der Waals surface area contributed by atoms with Crippen LogP contribution in [0.5, 0.6) is 0 Å². The Morgan fingerprint density at radius 2 is 1.69 bits per heavy atom. The Hall–Kier alpha value is -4.97. The Labute approximate surface area is 244 Å². The summed E-state index contributed by atoms with van der Waals surface area (Å²) in [6.45, 7) is 6.50. The molecule has 0 aliphatic carbocycles. The van der Waals surface area contributed by atoms with Gasteiger partial charge in [-0.05, 0) is 55.2 Å². The van der Waals surface area contributed by atoms with Gasteiger partial charge in [-0.3, -0.25) is 19.4 Å². The smallest absolute Gasteiger partial charge is 0.272 e. The van der Waals surface area contributed by atoms with Gasteiger partial charge in [-0.2, -0.15) is 5.26 Å². The minimum absolute atomic E-state index is 0.104. The number of nitrogens with zero attached hydrogens (tertiary/aromatic N) is 4. The zero-order chi connectivity index (χ0) is 29.6. The van der Waals surface area contributed by atoms with E-state index in [0.717, 1.165) is 22.0 Å². The third-order valence-electron chi connectivity index (χ3n) is 8.84. The third-order valence-corrected chi connectivity index (χ3v) is 8.84. The van der Waals surface area contributed by atoms with Gasteiger partial charge in [0.05, 0.1) is 23.7 Å². The normalized spacial score (nSPS) is 19.1. The first-order valence-corrected chi connectivity index (χ1v) is 14.2. The molecule has 4 aromatic rings. The van der Waals surface area contributed by atoms with E-state index >= 15 is 0 Å². The van der Waals surface area contributed by atoms with Crippen molar-refractivity contribution in [2.45, 2.75) is 44.8 Å². The first-order chi connectivity index (χ1) is 20.2. The molecule has 0 unspecified atom stereocenters. The summed E-state index contributed by atoms with van der Waals surface area (Å²) in [4.78, 5) is 51.8. The van der Waals surface area contributed by atoms with Gasteiger partial charge in [-0.25, -0.2) is 0 Å². The highest BCUT2D eigenvalue weighted by atomic mass is 16.2. The minimum Gasteiger partial charge on any atom is -0.351 e. The molecule has 0 radical (unpaired) electrons. The summed E-state index contributed by atoms with van der Waals surface area (Å²) in [5.41, 5.74) is 2.87. The summed E-state index contributed by atoms with van der Waals surface area (Å²) in [6.07, 6.45) is 2.37. The van der Waals surface area contributed by atoms with Crippen molar-refractivity contribution in [2.24, 2.45) is 5.92 Å². The molecule has 0 spiro atoms. The van der Waals surface area contributed by atoms with E-state index in [9.17, 15) is 14.4 Å². The summed E-state index contributed by atoms with van der Waals surface area (Å²) in [5.74, 6) is -0.771. The summed E-state index contributed by atoms with van der Waals surface area (Å²) in [5, 5.41) is 13.0. The van der Waals surface area contributed by atoms with Crippen LogP contribution in [-0.4, -0.2) is 68.2 Å². The number of amides is 3. The largest absolute Gasteiger partial charge is 0.351 e. The van der Waals surface area contributed by atoms with Crippen molar-refractivity contribution in [1.82, 2.24) is 25.1 Å². The number of carbonyl (C=O) groups is 3. The maximum absolute atomic E-state index is 14.0. The van der Waals surface area contributed by atoms with E-state index < -0.39 is 5.54 Å². The Bertz CT molecular complexity index is 1690. The molecular weight excluding hydrogens is 528 g/mol. The SMILES string of the molecule is CC(C)[C@](C)(NC(=O)c1cc2ccccc2[nH]1)C(=O)N1C[C@@H]2C[C@H]1CN2C(=O)c1ccc(-c2ccc(C#N)cc2)cn1. The molecule has 2 aliphatic rings. The lowest BCUT2D eigenvalue weighted by Crippen LogP contribution is -2.63. The van der Waals surface area contributed by atoms with Gasteiger partial charge in [0.15, 0.2) is 0 Å². The van der Waals surface area contributed by atoms with Crippen molar-refractivity contribution in [2.75, 3.05) is 13.1 Å². The van der Waals surface area contributed by atoms with E-state index in [-0.39, 0.29) is 35.7 Å². The lowest BCUT2D eigenvalue weighted by Gasteiger charge is -2.41. The zero-order valence-electron chi connectivity index (χ0n) is 23.8. The highest BCUT2D eigenvalue weighted by molar-refractivity contribution is 6.01. The number of piperazine rings is 1. The van der Waals surface area contributed by atoms with Gasteiger partial charge in [0, 0.05) is 35.8 Å². The highest BCUT2D eigenvalue weighted by Gasteiger charge is 2.52. The van der Waals surface area contributed by atoms with Gasteiger partial charge in [-0.15, -0.1) is 0 Å². The predicted octanol–water partition coefficient (Wildman–Crippen LogP) is 4.37. The summed E-state index contributed by atoms with van der Waals surface area (Å²) >= 11 is 0. The quantitative estimate of drug-likeness (QED) is 0.363. The zero-order valence-corrected chi connectivity index (χ0v) is 23.8. The van der Waals surface area contributed by atoms with Crippen LogP contribution >= 0.6 is 0 Å². The number of fused-ring (bicyclic) bond motifs is 3. The molecule has 2 fully saturated rings. The van der Waals surface area contributed by atoms with E-state index in [2.05, 4.69) is 21.4 Å². The topological polar surface area (TPSA) is 122 Å². The van der Waals surface area contributed by atoms with Crippen LogP contribution in [0.15, 0.2) is 72.9 Å². The summed E-state index contributed by atoms with van der Waals surface area (Å²) in [6, 6.07) is 22.1. The predicted molar refractivity (Wildman–Crippen MR) is 158 cm³/mol. The van der Waals surface area contributed by atoms with Gasteiger partial charge in [0.1, 0.15) is 16.9 Å². The molecule has 6 rings (SSSR count). The van der Waals surface area contributed by atoms with Gasteiger partial charge in [-0.1, -0.05) is 50.2 Å². The molecule has 0 saturated carbocycles. The number of H-pyrrole nitrogens is 1. The molecular formula is C33H32N6O3. The Morgan fingerprint density at radius 1 is 1.00 bits per heavy atom. The molecule has 3 atom stereocenters. The van der Waals surface area contributed by atoms with Crippen molar-refractivity contribution >= 4 is 28.6 Å². The first-order valence-electron chi connectivity index (χ1n) is 14.2. The standard InChI is InChI=1S/C33H32N6O3/c1-20(2)33(3,37-30(40)29-14-23-6-4-5-7-27(23)36-29)32(42)39-19-25-15-26(39)18-38(25)31(41)28-13-12-24(17-35-28)22-10-8-21(16-34)9-11-22/h4-14,17,20,25-26,36H,15,18-19H2,1-3H3,(H,37,40)/t25-,26-,33-/m0/s1. The maximum atomic E-state index is 14.0. The Balaban J connectivity index is 1.13. The number of benzene rings is 2. The number of nitrogens with one attached hydrogen (secondary N) is 2. The maximum Gasteiger partial charge on any atom is 0.272 e. The molecule has 212 valence electrons. The van der Waals surface area contributed by atoms with Crippen LogP contribution in [0.2, 0.25) is 0 Å². The number of nitriles is 1. The average molecular weight is 561 g/mol. The number of hydrogen-bond donors (Lipinski definition) is 2. The number of hydrogen-bond acceptors (Lipinski definition) is 5. The lowest BCUT2D eigenvalue weighted by atomic mass is 9.86. The van der Waals surface area contributed by atoms with E-state index in [1.165, 1.54) is 0 Å². The second-order valence-electron chi connectivity index (χ2n) is 11.7. The van der Waals surface area contributed by atoms with Crippen molar-refractivity contribution in [1.29, 1.82) is 5.26 Å². The molecule has 42 heavy (non-hydrogen) atoms. The second kappa shape index (κ2) is 10.5. The molecule has 4 heterocycles. The molecule has 9 nitrogen and oxygen atoms in total. The van der Waals surface area contributed by atoms with Crippen LogP contribution in [0.4, 0.5) is 0 Å². The number of likely N-dealkylation sites (tertiary alicyclic amines) is 2. The number of aromatic nitrogens is 2. The monoisotopic (exact) mass is 560 g/mol. The average Bonchev–Trinajstić information content (AvgIpc) is 3.75. The number of rotatable bonds is 6. The third kappa shape index (κ3) is 4.69. The van der Waals surface area contributed by atoms with Crippen molar-refractivity contribution in [3.63, 3.8) is 0 Å². The van der Waals surface area contributed by atoms with E-state index in [0.29, 0.717) is 36.5 Å². The summed E-state index contributed by atoms with van der Waals surface area (Å²) < 4.78 is 0. The van der Waals surface area contributed by atoms with Crippen LogP contribution in [0.25, 0.3) is 22.0 Å². The van der Waals surface area contributed by atoms with Crippen molar-refractivity contribution in [3.05, 3.63) is 89.9 Å². The fourth-order valence-electron chi connectivity index (χ4n) is 5.98. The van der Waals surface area contributed by atoms with E-state index in [1.54, 1.807) is 37.4 Å². The van der Waals surface area contributed by atoms with Gasteiger partial charge >= 0.3 is 0 Å². The van der Waals surface area contributed by atoms with Gasteiger partial charge < -0.3 is 20.1 Å². The number of aromatic amines is 1. The minimum atomic E-state index is -1.11. The van der Waals surface area contributed by atoms with Crippen LogP contribution in [-0.2, 0) is 4.79 Å². The van der Waals surface area contributed by atoms with Crippen LogP contribution in [0.1, 0.15) is 53.7 Å². The van der Waals surface area contributed by atoms with E-state index in [4.69, 9.17) is 5.26 Å². The van der Waals surface area contributed by atoms with Crippen molar-refractivity contribution in [3.8, 4) is 17.2 Å². The number of pyridine rings is 1. The van der Waals surface area contributed by atoms with Crippen molar-refractivity contribution < 1.29 is 14.4 Å². The Morgan fingerprint density at radius 3 is 2.31 bits per heavy atom. The number of carbonyl (C=O) groups excluding carboxylic acids is 3. The Kier molecular flexibility index (Phi) is 6.77. The highest BCUT2D eigenvalue weighted by Crippen LogP contribution is 2.35. The fourth-order valence-corrected chi connectivity index (χ4v) is 5.98. The van der Waals surface area contributed by atoms with E-state index in [1.807, 2.05) is 66.1 Å². The molecule has 2 N–H and O–H groups in total. The van der Waals surface area contributed by atoms with Gasteiger partial charge in [0.2, 0.25) is 5.91 Å². The van der Waals surface area contributed by atoms with Gasteiger partial charge in [0.25, 0.3) is 11.8 Å². The molecule has 2 aromatic carbocycles. The molecule has 3 amide bonds. The van der Waals surface area contributed by atoms with Crippen LogP contribution in [0, 0.1) is 17.2 Å². The summed E-state index contributed by atoms with van der Waals surface area (Å²) in [7, 11) is 0. The fraction of sp³-hybridized carbons (Fsp3) is 0.303. The molecule has 2 bridgehead atoms. The molecule has 2 aromatic heterocycles.